The van der Waals surface area contributed by atoms with Gasteiger partial charge in [0.2, 0.25) is 0 Å². The molecule has 0 amide bonds. The molecular weight excluding hydrogens is 308 g/mol. The van der Waals surface area contributed by atoms with Gasteiger partial charge < -0.3 is 5.43 Å². The number of anilines is 1. The number of halogens is 1. The van der Waals surface area contributed by atoms with E-state index in [1.54, 1.807) is 6.92 Å². The van der Waals surface area contributed by atoms with Crippen LogP contribution >= 0.6 is 27.5 Å². The molecule has 2 rings (SSSR count). The highest BCUT2D eigenvalue weighted by molar-refractivity contribution is 9.10. The third kappa shape index (κ3) is 2.35. The van der Waals surface area contributed by atoms with Crippen LogP contribution in [0.4, 0.5) is 5.00 Å². The molecule has 0 saturated heterocycles. The molecule has 3 N–H and O–H groups in total. The number of hydrogen-bond donors (Lipinski definition) is 2. The molecule has 0 saturated carbocycles. The molecule has 2 aromatic rings. The molecule has 0 aliphatic heterocycles. The Morgan fingerprint density at radius 3 is 3.12 bits per heavy atom. The number of rotatable bonds is 3. The van der Waals surface area contributed by atoms with Crippen LogP contribution in [0.1, 0.15) is 11.5 Å². The molecule has 7 nitrogen and oxygen atoms in total. The lowest BCUT2D eigenvalue weighted by atomic mass is 10.4. The van der Waals surface area contributed by atoms with Gasteiger partial charge in [-0.2, -0.15) is 0 Å². The monoisotopic (exact) mass is 316 g/mol. The maximum absolute atomic E-state index is 11.9. The van der Waals surface area contributed by atoms with Crippen molar-refractivity contribution < 1.29 is 0 Å². The van der Waals surface area contributed by atoms with Gasteiger partial charge in [-0.05, 0) is 22.9 Å². The van der Waals surface area contributed by atoms with Crippen molar-refractivity contribution >= 4 is 32.5 Å². The summed E-state index contributed by atoms with van der Waals surface area (Å²) in [6.07, 6.45) is 1.48. The van der Waals surface area contributed by atoms with E-state index in [0.29, 0.717) is 21.0 Å². The Hall–Kier alpha value is -1.32. The Morgan fingerprint density at radius 1 is 1.65 bits per heavy atom. The number of aryl methyl sites for hydroxylation is 1. The number of hydrazine groups is 1. The molecule has 0 unspecified atom stereocenters. The fraction of sp³-hybridized carbons (Fsp3) is 0.250. The average molecular weight is 317 g/mol. The minimum Gasteiger partial charge on any atom is -0.313 e. The van der Waals surface area contributed by atoms with Crippen molar-refractivity contribution in [2.24, 2.45) is 5.84 Å². The minimum absolute atomic E-state index is 0.159. The fourth-order valence-corrected chi connectivity index (χ4v) is 2.11. The fourth-order valence-electron chi connectivity index (χ4n) is 1.31. The van der Waals surface area contributed by atoms with Crippen molar-refractivity contribution in [1.29, 1.82) is 0 Å². The summed E-state index contributed by atoms with van der Waals surface area (Å²) in [6, 6.07) is 0. The van der Waals surface area contributed by atoms with Crippen molar-refractivity contribution in [2.45, 2.75) is 13.5 Å². The second-order valence-corrected chi connectivity index (χ2v) is 4.85. The van der Waals surface area contributed by atoms with Gasteiger partial charge in [0.05, 0.1) is 6.54 Å². The van der Waals surface area contributed by atoms with Crippen LogP contribution in [-0.2, 0) is 6.54 Å². The third-order valence-corrected chi connectivity index (χ3v) is 3.44. The van der Waals surface area contributed by atoms with Crippen molar-refractivity contribution in [3.8, 4) is 0 Å². The number of nitrogens with zero attached hydrogens (tertiary/aromatic N) is 4. The summed E-state index contributed by atoms with van der Waals surface area (Å²) in [7, 11) is 0. The van der Waals surface area contributed by atoms with E-state index in [2.05, 4.69) is 35.9 Å². The normalized spacial score (nSPS) is 10.5. The summed E-state index contributed by atoms with van der Waals surface area (Å²) >= 11 is 4.29. The van der Waals surface area contributed by atoms with E-state index in [1.165, 1.54) is 10.8 Å². The smallest absolute Gasteiger partial charge is 0.268 e. The Morgan fingerprint density at radius 2 is 2.41 bits per heavy atom. The van der Waals surface area contributed by atoms with Crippen molar-refractivity contribution in [3.63, 3.8) is 0 Å². The SMILES string of the molecule is Cc1ncc(Br)c(=O)n1Cc1nnsc1NN. The van der Waals surface area contributed by atoms with E-state index in [9.17, 15) is 4.79 Å². The van der Waals surface area contributed by atoms with Crippen LogP contribution in [-0.4, -0.2) is 19.1 Å². The lowest BCUT2D eigenvalue weighted by Crippen LogP contribution is -2.25. The van der Waals surface area contributed by atoms with Crippen molar-refractivity contribution in [3.05, 3.63) is 32.5 Å². The van der Waals surface area contributed by atoms with Crippen LogP contribution in [0, 0.1) is 6.92 Å². The molecule has 2 aromatic heterocycles. The average Bonchev–Trinajstić information content (AvgIpc) is 2.77. The van der Waals surface area contributed by atoms with Crippen LogP contribution in [0.5, 0.6) is 0 Å². The molecule has 0 aromatic carbocycles. The van der Waals surface area contributed by atoms with E-state index in [4.69, 9.17) is 5.84 Å². The Bertz CT molecular complexity index is 594. The first kappa shape index (κ1) is 12.1. The van der Waals surface area contributed by atoms with Gasteiger partial charge in [0.25, 0.3) is 5.56 Å². The van der Waals surface area contributed by atoms with Crippen LogP contribution in [0.3, 0.4) is 0 Å². The Kier molecular flexibility index (Phi) is 3.50. The van der Waals surface area contributed by atoms with Gasteiger partial charge in [0.15, 0.2) is 0 Å². The lowest BCUT2D eigenvalue weighted by molar-refractivity contribution is 0.680. The highest BCUT2D eigenvalue weighted by atomic mass is 79.9. The van der Waals surface area contributed by atoms with Gasteiger partial charge in [-0.3, -0.25) is 9.36 Å². The highest BCUT2D eigenvalue weighted by Crippen LogP contribution is 2.17. The molecule has 0 radical (unpaired) electrons. The number of nitrogen functional groups attached to an aromatic ring is 1. The maximum atomic E-state index is 11.9. The minimum atomic E-state index is -0.159. The van der Waals surface area contributed by atoms with E-state index in [1.807, 2.05) is 0 Å². The molecule has 0 bridgehead atoms. The Labute approximate surface area is 109 Å². The first-order valence-corrected chi connectivity index (χ1v) is 6.20. The van der Waals surface area contributed by atoms with Crippen LogP contribution < -0.4 is 16.8 Å². The third-order valence-electron chi connectivity index (χ3n) is 2.20. The van der Waals surface area contributed by atoms with Gasteiger partial charge in [-0.15, -0.1) is 5.10 Å². The summed E-state index contributed by atoms with van der Waals surface area (Å²) in [6.45, 7) is 2.04. The molecule has 17 heavy (non-hydrogen) atoms. The van der Waals surface area contributed by atoms with Crippen LogP contribution in [0.25, 0.3) is 0 Å². The number of nitrogens with one attached hydrogen (secondary N) is 1. The van der Waals surface area contributed by atoms with Crippen LogP contribution in [0.2, 0.25) is 0 Å². The summed E-state index contributed by atoms with van der Waals surface area (Å²) in [5, 5.41) is 4.55. The lowest BCUT2D eigenvalue weighted by Gasteiger charge is -2.08. The van der Waals surface area contributed by atoms with Gasteiger partial charge in [0.1, 0.15) is 21.0 Å². The summed E-state index contributed by atoms with van der Waals surface area (Å²) < 4.78 is 5.68. The number of aromatic nitrogens is 4. The summed E-state index contributed by atoms with van der Waals surface area (Å²) in [5.41, 5.74) is 2.95. The van der Waals surface area contributed by atoms with E-state index >= 15 is 0 Å². The molecule has 9 heteroatoms. The molecule has 0 aliphatic rings. The highest BCUT2D eigenvalue weighted by Gasteiger charge is 2.11. The van der Waals surface area contributed by atoms with Gasteiger partial charge in [0, 0.05) is 17.7 Å². The molecule has 0 spiro atoms. The molecular formula is C8H9BrN6OS. The van der Waals surface area contributed by atoms with Crippen LogP contribution in [0.15, 0.2) is 15.5 Å². The topological polar surface area (TPSA) is 98.7 Å². The zero-order valence-corrected chi connectivity index (χ0v) is 11.2. The zero-order valence-electron chi connectivity index (χ0n) is 8.85. The van der Waals surface area contributed by atoms with Crippen molar-refractivity contribution in [2.75, 3.05) is 5.43 Å². The molecule has 0 fully saturated rings. The number of hydrogen-bond acceptors (Lipinski definition) is 7. The first-order valence-electron chi connectivity index (χ1n) is 4.63. The Balaban J connectivity index is 2.43. The van der Waals surface area contributed by atoms with Gasteiger partial charge >= 0.3 is 0 Å². The summed E-state index contributed by atoms with van der Waals surface area (Å²) in [4.78, 5) is 16.0. The largest absolute Gasteiger partial charge is 0.313 e. The maximum Gasteiger partial charge on any atom is 0.268 e. The predicted molar refractivity (Wildman–Crippen MR) is 67.8 cm³/mol. The molecule has 2 heterocycles. The second-order valence-electron chi connectivity index (χ2n) is 3.24. The quantitative estimate of drug-likeness (QED) is 0.632. The van der Waals surface area contributed by atoms with E-state index < -0.39 is 0 Å². The van der Waals surface area contributed by atoms with Gasteiger partial charge in [-0.25, -0.2) is 10.8 Å². The first-order chi connectivity index (χ1) is 8.13. The molecule has 90 valence electrons. The van der Waals surface area contributed by atoms with E-state index in [0.717, 1.165) is 11.5 Å². The second kappa shape index (κ2) is 4.90. The number of nitrogens with two attached hydrogens (primary N) is 1. The molecule has 0 aliphatic carbocycles. The van der Waals surface area contributed by atoms with E-state index in [-0.39, 0.29) is 12.1 Å². The standard InChI is InChI=1S/C8H9BrN6OS/c1-4-11-2-5(9)8(16)15(4)3-6-7(12-10)17-14-13-6/h2,12H,3,10H2,1H3. The predicted octanol–water partition coefficient (Wildman–Crippen LogP) is 0.500. The van der Waals surface area contributed by atoms with Crippen molar-refractivity contribution in [1.82, 2.24) is 19.1 Å². The molecule has 0 atom stereocenters. The summed E-state index contributed by atoms with van der Waals surface area (Å²) in [5.74, 6) is 5.93. The van der Waals surface area contributed by atoms with Gasteiger partial charge in [-0.1, -0.05) is 4.49 Å². The zero-order chi connectivity index (χ0) is 12.4.